The Labute approximate surface area is 61.5 Å². The van der Waals surface area contributed by atoms with Gasteiger partial charge >= 0.3 is 0 Å². The Balaban J connectivity index is 3.07. The Kier molecular flexibility index (Phi) is 1.75. The van der Waals surface area contributed by atoms with E-state index in [2.05, 4.69) is 26.1 Å². The first kappa shape index (κ1) is 6.61. The molecule has 0 radical (unpaired) electrons. The highest BCUT2D eigenvalue weighted by Gasteiger charge is 2.05. The summed E-state index contributed by atoms with van der Waals surface area (Å²) >= 11 is 3.21. The predicted molar refractivity (Wildman–Crippen MR) is 37.6 cm³/mol. The minimum absolute atomic E-state index is 0.725. The zero-order valence-corrected chi connectivity index (χ0v) is 6.82. The van der Waals surface area contributed by atoms with Crippen molar-refractivity contribution < 1.29 is 4.74 Å². The van der Waals surface area contributed by atoms with Crippen molar-refractivity contribution in [1.82, 2.24) is 10.2 Å². The molecular formula is C5H7BrN2O. The highest BCUT2D eigenvalue weighted by atomic mass is 79.9. The number of nitrogens with one attached hydrogen (secondary N) is 1. The van der Waals surface area contributed by atoms with E-state index >= 15 is 0 Å². The van der Waals surface area contributed by atoms with Crippen LogP contribution < -0.4 is 4.74 Å². The average Bonchev–Trinajstić information content (AvgIpc) is 2.12. The predicted octanol–water partition coefficient (Wildman–Crippen LogP) is 1.49. The van der Waals surface area contributed by atoms with Gasteiger partial charge in [0.05, 0.1) is 12.8 Å². The number of aryl methyl sites for hydroxylation is 1. The highest BCUT2D eigenvalue weighted by Crippen LogP contribution is 2.24. The molecule has 0 aliphatic rings. The lowest BCUT2D eigenvalue weighted by Gasteiger charge is -1.93. The van der Waals surface area contributed by atoms with E-state index in [4.69, 9.17) is 4.74 Å². The molecule has 0 amide bonds. The molecule has 0 fully saturated rings. The first-order valence-corrected chi connectivity index (χ1v) is 3.29. The van der Waals surface area contributed by atoms with Crippen LogP contribution in [0.15, 0.2) is 4.60 Å². The summed E-state index contributed by atoms with van der Waals surface area (Å²) in [5, 5.41) is 6.62. The van der Waals surface area contributed by atoms with Crippen molar-refractivity contribution >= 4 is 15.9 Å². The fourth-order valence-electron chi connectivity index (χ4n) is 0.627. The van der Waals surface area contributed by atoms with Crippen LogP contribution in [-0.2, 0) is 0 Å². The molecule has 0 aliphatic heterocycles. The quantitative estimate of drug-likeness (QED) is 0.730. The molecule has 4 heteroatoms. The number of halogens is 1. The molecule has 1 N–H and O–H groups in total. The van der Waals surface area contributed by atoms with Crippen LogP contribution in [0.25, 0.3) is 0 Å². The van der Waals surface area contributed by atoms with Crippen molar-refractivity contribution in [1.29, 1.82) is 0 Å². The van der Waals surface area contributed by atoms with Crippen molar-refractivity contribution in [2.75, 3.05) is 7.11 Å². The number of hydrogen-bond donors (Lipinski definition) is 1. The van der Waals surface area contributed by atoms with Gasteiger partial charge < -0.3 is 4.74 Å². The van der Waals surface area contributed by atoms with Gasteiger partial charge in [-0.15, -0.1) is 0 Å². The molecule has 0 unspecified atom stereocenters. The summed E-state index contributed by atoms with van der Waals surface area (Å²) in [6, 6.07) is 0. The number of nitrogens with zero attached hydrogens (tertiary/aromatic N) is 1. The lowest BCUT2D eigenvalue weighted by Crippen LogP contribution is -1.82. The van der Waals surface area contributed by atoms with E-state index in [0.717, 1.165) is 16.0 Å². The number of ether oxygens (including phenoxy) is 1. The van der Waals surface area contributed by atoms with E-state index in [9.17, 15) is 0 Å². The molecule has 0 spiro atoms. The highest BCUT2D eigenvalue weighted by molar-refractivity contribution is 9.10. The maximum absolute atomic E-state index is 4.98. The van der Waals surface area contributed by atoms with Gasteiger partial charge in [-0.1, -0.05) is 0 Å². The Hall–Kier alpha value is -0.510. The fourth-order valence-corrected chi connectivity index (χ4v) is 1.17. The van der Waals surface area contributed by atoms with Crippen molar-refractivity contribution in [3.8, 4) is 5.75 Å². The third-order valence-electron chi connectivity index (χ3n) is 1.05. The Morgan fingerprint density at radius 1 is 1.67 bits per heavy atom. The normalized spacial score (nSPS) is 9.67. The van der Waals surface area contributed by atoms with Crippen LogP contribution in [0.1, 0.15) is 5.69 Å². The molecule has 0 saturated carbocycles. The molecule has 1 aromatic heterocycles. The number of rotatable bonds is 1. The molecule has 1 aromatic rings. The molecule has 9 heavy (non-hydrogen) atoms. The van der Waals surface area contributed by atoms with Crippen molar-refractivity contribution in [3.63, 3.8) is 0 Å². The van der Waals surface area contributed by atoms with E-state index in [1.165, 1.54) is 0 Å². The second-order valence-corrected chi connectivity index (χ2v) is 2.42. The summed E-state index contributed by atoms with van der Waals surface area (Å²) in [4.78, 5) is 0. The first-order chi connectivity index (χ1) is 4.25. The fraction of sp³-hybridized carbons (Fsp3) is 0.400. The van der Waals surface area contributed by atoms with Gasteiger partial charge in [-0.2, -0.15) is 5.10 Å². The van der Waals surface area contributed by atoms with Crippen molar-refractivity contribution in [2.45, 2.75) is 6.92 Å². The van der Waals surface area contributed by atoms with Gasteiger partial charge in [0.15, 0.2) is 10.4 Å². The second kappa shape index (κ2) is 2.39. The Bertz CT molecular complexity index is 189. The van der Waals surface area contributed by atoms with E-state index in [1.807, 2.05) is 6.92 Å². The SMILES string of the molecule is COc1c(Br)n[nH]c1C. The van der Waals surface area contributed by atoms with Crippen LogP contribution >= 0.6 is 15.9 Å². The summed E-state index contributed by atoms with van der Waals surface area (Å²) in [6.07, 6.45) is 0. The van der Waals surface area contributed by atoms with Gasteiger partial charge in [-0.3, -0.25) is 5.10 Å². The topological polar surface area (TPSA) is 37.9 Å². The number of aromatic amines is 1. The zero-order valence-electron chi connectivity index (χ0n) is 5.23. The first-order valence-electron chi connectivity index (χ1n) is 2.50. The van der Waals surface area contributed by atoms with Crippen LogP contribution in [0.3, 0.4) is 0 Å². The molecule has 0 bridgehead atoms. The van der Waals surface area contributed by atoms with Crippen LogP contribution in [-0.4, -0.2) is 17.3 Å². The molecule has 1 heterocycles. The number of hydrogen-bond acceptors (Lipinski definition) is 2. The minimum Gasteiger partial charge on any atom is -0.492 e. The van der Waals surface area contributed by atoms with Crippen LogP contribution in [0, 0.1) is 6.92 Å². The van der Waals surface area contributed by atoms with E-state index in [-0.39, 0.29) is 0 Å². The van der Waals surface area contributed by atoms with Gasteiger partial charge in [-0.25, -0.2) is 0 Å². The summed E-state index contributed by atoms with van der Waals surface area (Å²) < 4.78 is 5.70. The van der Waals surface area contributed by atoms with E-state index in [0.29, 0.717) is 0 Å². The number of methoxy groups -OCH3 is 1. The van der Waals surface area contributed by atoms with Crippen LogP contribution in [0.4, 0.5) is 0 Å². The molecule has 3 nitrogen and oxygen atoms in total. The smallest absolute Gasteiger partial charge is 0.173 e. The van der Waals surface area contributed by atoms with Gasteiger partial charge in [0, 0.05) is 0 Å². The summed E-state index contributed by atoms with van der Waals surface area (Å²) in [7, 11) is 1.61. The van der Waals surface area contributed by atoms with Crippen LogP contribution in [0.2, 0.25) is 0 Å². The lowest BCUT2D eigenvalue weighted by atomic mass is 10.5. The molecule has 0 aromatic carbocycles. The molecule has 50 valence electrons. The minimum atomic E-state index is 0.725. The van der Waals surface area contributed by atoms with Crippen molar-refractivity contribution in [3.05, 3.63) is 10.3 Å². The summed E-state index contributed by atoms with van der Waals surface area (Å²) in [5.41, 5.74) is 0.935. The van der Waals surface area contributed by atoms with E-state index < -0.39 is 0 Å². The molecule has 0 aliphatic carbocycles. The van der Waals surface area contributed by atoms with Gasteiger partial charge in [0.1, 0.15) is 0 Å². The Morgan fingerprint density at radius 3 is 2.56 bits per heavy atom. The van der Waals surface area contributed by atoms with Crippen LogP contribution in [0.5, 0.6) is 5.75 Å². The maximum Gasteiger partial charge on any atom is 0.173 e. The van der Waals surface area contributed by atoms with Gasteiger partial charge in [0.2, 0.25) is 0 Å². The number of H-pyrrole nitrogens is 1. The standard InChI is InChI=1S/C5H7BrN2O/c1-3-4(9-2)5(6)8-7-3/h1-2H3,(H,7,8). The summed E-state index contributed by atoms with van der Waals surface area (Å²) in [5.74, 6) is 0.773. The molecular weight excluding hydrogens is 184 g/mol. The van der Waals surface area contributed by atoms with Gasteiger partial charge in [-0.05, 0) is 22.9 Å². The molecule has 0 saturated heterocycles. The largest absolute Gasteiger partial charge is 0.492 e. The molecule has 1 rings (SSSR count). The third-order valence-corrected chi connectivity index (χ3v) is 1.59. The summed E-state index contributed by atoms with van der Waals surface area (Å²) in [6.45, 7) is 1.90. The van der Waals surface area contributed by atoms with Gasteiger partial charge in [0.25, 0.3) is 0 Å². The third kappa shape index (κ3) is 1.08. The number of aromatic nitrogens is 2. The Morgan fingerprint density at radius 2 is 2.33 bits per heavy atom. The monoisotopic (exact) mass is 190 g/mol. The zero-order chi connectivity index (χ0) is 6.85. The molecule has 0 atom stereocenters. The maximum atomic E-state index is 4.98. The van der Waals surface area contributed by atoms with E-state index in [1.54, 1.807) is 7.11 Å². The van der Waals surface area contributed by atoms with Crippen molar-refractivity contribution in [2.24, 2.45) is 0 Å². The second-order valence-electron chi connectivity index (χ2n) is 1.67. The lowest BCUT2D eigenvalue weighted by molar-refractivity contribution is 0.409. The average molecular weight is 191 g/mol.